The first-order valence-corrected chi connectivity index (χ1v) is 8.42. The zero-order chi connectivity index (χ0) is 16.4. The maximum atomic E-state index is 12.3. The predicted octanol–water partition coefficient (Wildman–Crippen LogP) is 5.72. The van der Waals surface area contributed by atoms with Crippen LogP contribution in [-0.4, -0.2) is 10.9 Å². The third-order valence-electron chi connectivity index (χ3n) is 3.59. The van der Waals surface area contributed by atoms with Crippen molar-refractivity contribution in [1.29, 1.82) is 0 Å². The highest BCUT2D eigenvalue weighted by Gasteiger charge is 2.09. The van der Waals surface area contributed by atoms with Crippen LogP contribution in [0.1, 0.15) is 21.5 Å². The van der Waals surface area contributed by atoms with Crippen LogP contribution in [0.25, 0.3) is 10.9 Å². The van der Waals surface area contributed by atoms with E-state index in [4.69, 9.17) is 11.6 Å². The molecule has 0 aliphatic carbocycles. The minimum atomic E-state index is -0.141. The van der Waals surface area contributed by atoms with Gasteiger partial charge in [0.2, 0.25) is 0 Å². The van der Waals surface area contributed by atoms with Gasteiger partial charge in [0.05, 0.1) is 5.52 Å². The van der Waals surface area contributed by atoms with Gasteiger partial charge in [0, 0.05) is 33.2 Å². The molecule has 6 heteroatoms. The van der Waals surface area contributed by atoms with Gasteiger partial charge in [-0.1, -0.05) is 15.9 Å². The van der Waals surface area contributed by atoms with Gasteiger partial charge in [0.25, 0.3) is 5.91 Å². The lowest BCUT2D eigenvalue weighted by Crippen LogP contribution is -2.12. The van der Waals surface area contributed by atoms with Gasteiger partial charge in [-0.05, 0) is 60.5 Å². The van der Waals surface area contributed by atoms with Crippen molar-refractivity contribution in [1.82, 2.24) is 4.98 Å². The van der Waals surface area contributed by atoms with Gasteiger partial charge >= 0.3 is 0 Å². The quantitative estimate of drug-likeness (QED) is 0.545. The largest absolute Gasteiger partial charge is 0.322 e. The molecule has 0 atom stereocenters. The Morgan fingerprint density at radius 3 is 2.58 bits per heavy atom. The van der Waals surface area contributed by atoms with Gasteiger partial charge < -0.3 is 5.32 Å². The van der Waals surface area contributed by atoms with Crippen LogP contribution in [0.5, 0.6) is 0 Å². The van der Waals surface area contributed by atoms with Gasteiger partial charge in [-0.2, -0.15) is 0 Å². The van der Waals surface area contributed by atoms with Crippen molar-refractivity contribution >= 4 is 62.4 Å². The number of halogens is 3. The van der Waals surface area contributed by atoms with E-state index >= 15 is 0 Å². The van der Waals surface area contributed by atoms with Crippen LogP contribution in [0, 0.1) is 6.92 Å². The van der Waals surface area contributed by atoms with Crippen LogP contribution in [0.3, 0.4) is 0 Å². The summed E-state index contributed by atoms with van der Waals surface area (Å²) >= 11 is 9.21. The Hall–Kier alpha value is -1.62. The number of nitrogens with zero attached hydrogens (tertiary/aromatic N) is 1. The standard InChI is InChI=1S/C18H14BrClN2O.ClH/c1-11-6-14-7-12(9-20)10-21-17(14)8-16(11)22-18(23)13-2-4-15(19)5-3-13;/h2-8,10H,9H2,1H3,(H,22,23);1H. The number of carbonyl (C=O) groups is 1. The lowest BCUT2D eigenvalue weighted by molar-refractivity contribution is 0.102. The molecule has 0 radical (unpaired) electrons. The first-order chi connectivity index (χ1) is 11.1. The maximum Gasteiger partial charge on any atom is 0.255 e. The number of rotatable bonds is 3. The highest BCUT2D eigenvalue weighted by atomic mass is 79.9. The van der Waals surface area contributed by atoms with Crippen LogP contribution < -0.4 is 5.32 Å². The maximum absolute atomic E-state index is 12.3. The van der Waals surface area contributed by atoms with E-state index in [2.05, 4.69) is 26.2 Å². The van der Waals surface area contributed by atoms with Crippen LogP contribution in [0.15, 0.2) is 53.1 Å². The summed E-state index contributed by atoms with van der Waals surface area (Å²) in [5.74, 6) is 0.293. The Bertz CT molecular complexity index is 882. The summed E-state index contributed by atoms with van der Waals surface area (Å²) < 4.78 is 0.940. The van der Waals surface area contributed by atoms with Gasteiger partial charge in [-0.3, -0.25) is 9.78 Å². The van der Waals surface area contributed by atoms with Gasteiger partial charge in [0.15, 0.2) is 0 Å². The zero-order valence-corrected chi connectivity index (χ0v) is 16.0. The number of carbonyl (C=O) groups excluding carboxylic acids is 1. The van der Waals surface area contributed by atoms with E-state index < -0.39 is 0 Å². The molecule has 1 N–H and O–H groups in total. The average Bonchev–Trinajstić information content (AvgIpc) is 2.55. The summed E-state index contributed by atoms with van der Waals surface area (Å²) in [7, 11) is 0. The molecular weight excluding hydrogens is 411 g/mol. The van der Waals surface area contributed by atoms with Crippen molar-refractivity contribution in [2.45, 2.75) is 12.8 Å². The predicted molar refractivity (Wildman–Crippen MR) is 105 cm³/mol. The summed E-state index contributed by atoms with van der Waals surface area (Å²) in [6.07, 6.45) is 1.75. The number of aromatic nitrogens is 1. The van der Waals surface area contributed by atoms with Crippen molar-refractivity contribution in [3.05, 3.63) is 69.8 Å². The third kappa shape index (κ3) is 4.07. The van der Waals surface area contributed by atoms with Crippen molar-refractivity contribution in [2.75, 3.05) is 5.32 Å². The van der Waals surface area contributed by atoms with Crippen molar-refractivity contribution in [2.24, 2.45) is 0 Å². The number of amides is 1. The lowest BCUT2D eigenvalue weighted by Gasteiger charge is -2.10. The van der Waals surface area contributed by atoms with Crippen molar-refractivity contribution in [3.8, 4) is 0 Å². The van der Waals surface area contributed by atoms with E-state index in [1.165, 1.54) is 0 Å². The summed E-state index contributed by atoms with van der Waals surface area (Å²) in [6.45, 7) is 1.96. The molecule has 0 saturated carbocycles. The van der Waals surface area contributed by atoms with E-state index in [1.54, 1.807) is 18.3 Å². The second-order valence-electron chi connectivity index (χ2n) is 5.30. The van der Waals surface area contributed by atoms with Crippen LogP contribution in [0.2, 0.25) is 0 Å². The Morgan fingerprint density at radius 2 is 1.92 bits per heavy atom. The highest BCUT2D eigenvalue weighted by Crippen LogP contribution is 2.24. The molecule has 3 nitrogen and oxygen atoms in total. The smallest absolute Gasteiger partial charge is 0.255 e. The molecule has 3 aromatic rings. The molecule has 124 valence electrons. The number of pyridine rings is 1. The van der Waals surface area contributed by atoms with E-state index in [9.17, 15) is 4.79 Å². The molecule has 1 aromatic heterocycles. The van der Waals surface area contributed by atoms with E-state index in [1.807, 2.05) is 37.3 Å². The Labute approximate surface area is 160 Å². The lowest BCUT2D eigenvalue weighted by atomic mass is 10.1. The van der Waals surface area contributed by atoms with E-state index in [0.717, 1.165) is 32.2 Å². The molecule has 2 aromatic carbocycles. The van der Waals surface area contributed by atoms with Crippen molar-refractivity contribution in [3.63, 3.8) is 0 Å². The van der Waals surface area contributed by atoms with Crippen LogP contribution in [0.4, 0.5) is 5.69 Å². The van der Waals surface area contributed by atoms with E-state index in [-0.39, 0.29) is 18.3 Å². The number of nitrogens with one attached hydrogen (secondary N) is 1. The first kappa shape index (κ1) is 18.7. The normalized spacial score (nSPS) is 10.3. The zero-order valence-electron chi connectivity index (χ0n) is 12.8. The SMILES string of the molecule is Cc1cc2cc(CCl)cnc2cc1NC(=O)c1ccc(Br)cc1.Cl. The second-order valence-corrected chi connectivity index (χ2v) is 6.48. The number of benzene rings is 2. The fraction of sp³-hybridized carbons (Fsp3) is 0.111. The minimum Gasteiger partial charge on any atom is -0.322 e. The molecule has 3 rings (SSSR count). The molecule has 0 aliphatic heterocycles. The van der Waals surface area contributed by atoms with E-state index in [0.29, 0.717) is 11.4 Å². The first-order valence-electron chi connectivity index (χ1n) is 7.09. The Balaban J connectivity index is 0.00000208. The molecule has 1 amide bonds. The molecule has 1 heterocycles. The summed E-state index contributed by atoms with van der Waals surface area (Å²) in [4.78, 5) is 16.8. The summed E-state index contributed by atoms with van der Waals surface area (Å²) in [5, 5.41) is 3.96. The molecule has 0 aliphatic rings. The number of fused-ring (bicyclic) bond motifs is 1. The molecule has 24 heavy (non-hydrogen) atoms. The number of hydrogen-bond acceptors (Lipinski definition) is 2. The number of anilines is 1. The summed E-state index contributed by atoms with van der Waals surface area (Å²) in [6, 6.07) is 13.2. The van der Waals surface area contributed by atoms with Crippen LogP contribution in [-0.2, 0) is 5.88 Å². The highest BCUT2D eigenvalue weighted by molar-refractivity contribution is 9.10. The molecule has 0 unspecified atom stereocenters. The third-order valence-corrected chi connectivity index (χ3v) is 4.43. The number of hydrogen-bond donors (Lipinski definition) is 1. The molecule has 0 bridgehead atoms. The molecule has 0 spiro atoms. The summed E-state index contributed by atoms with van der Waals surface area (Å²) in [5.41, 5.74) is 4.16. The second kappa shape index (κ2) is 7.97. The number of alkyl halides is 1. The van der Waals surface area contributed by atoms with Crippen molar-refractivity contribution < 1.29 is 4.79 Å². The fourth-order valence-electron chi connectivity index (χ4n) is 2.34. The average molecular weight is 426 g/mol. The Kier molecular flexibility index (Phi) is 6.21. The minimum absolute atomic E-state index is 0. The molecule has 0 saturated heterocycles. The van der Waals surface area contributed by atoms with Gasteiger partial charge in [0.1, 0.15) is 0 Å². The molecule has 0 fully saturated rings. The van der Waals surface area contributed by atoms with Gasteiger partial charge in [-0.25, -0.2) is 0 Å². The topological polar surface area (TPSA) is 42.0 Å². The monoisotopic (exact) mass is 424 g/mol. The molecular formula is C18H15BrCl2N2O. The Morgan fingerprint density at radius 1 is 1.21 bits per heavy atom. The van der Waals surface area contributed by atoms with Gasteiger partial charge in [-0.15, -0.1) is 24.0 Å². The number of aryl methyl sites for hydroxylation is 1. The fourth-order valence-corrected chi connectivity index (χ4v) is 2.75. The van der Waals surface area contributed by atoms with Crippen LogP contribution >= 0.6 is 39.9 Å².